The largest absolute Gasteiger partial charge is 0.416 e. The molecule has 0 aliphatic rings. The minimum Gasteiger partial charge on any atom is -0.398 e. The molecule has 5 heteroatoms. The fourth-order valence-electron chi connectivity index (χ4n) is 1.77. The van der Waals surface area contributed by atoms with Gasteiger partial charge in [0.2, 0.25) is 0 Å². The monoisotopic (exact) mass is 252 g/mol. The number of alkyl halides is 3. The highest BCUT2D eigenvalue weighted by atomic mass is 19.4. The van der Waals surface area contributed by atoms with Crippen molar-refractivity contribution in [3.63, 3.8) is 0 Å². The highest BCUT2D eigenvalue weighted by molar-refractivity contribution is 5.77. The van der Waals surface area contributed by atoms with Crippen LogP contribution >= 0.6 is 0 Å². The molecule has 94 valence electrons. The molecule has 2 aromatic rings. The second-order valence-corrected chi connectivity index (χ2v) is 3.99. The molecule has 2 rings (SSSR count). The molecule has 2 N–H and O–H groups in total. The van der Waals surface area contributed by atoms with Crippen molar-refractivity contribution in [1.29, 1.82) is 0 Å². The van der Waals surface area contributed by atoms with Gasteiger partial charge in [0, 0.05) is 23.6 Å². The molecule has 0 unspecified atom stereocenters. The average Bonchev–Trinajstić information content (AvgIpc) is 2.29. The molecular weight excluding hydrogens is 241 g/mol. The van der Waals surface area contributed by atoms with Gasteiger partial charge in [0.15, 0.2) is 0 Å². The molecule has 0 radical (unpaired) electrons. The first-order chi connectivity index (χ1) is 8.39. The Morgan fingerprint density at radius 1 is 1.11 bits per heavy atom. The van der Waals surface area contributed by atoms with Gasteiger partial charge >= 0.3 is 6.18 Å². The Balaban J connectivity index is 2.52. The highest BCUT2D eigenvalue weighted by Gasteiger charge is 2.30. The Labute approximate surface area is 102 Å². The van der Waals surface area contributed by atoms with Crippen LogP contribution < -0.4 is 5.73 Å². The molecule has 0 bridgehead atoms. The van der Waals surface area contributed by atoms with Crippen molar-refractivity contribution >= 4 is 5.69 Å². The van der Waals surface area contributed by atoms with Crippen molar-refractivity contribution in [1.82, 2.24) is 4.98 Å². The standard InChI is InChI=1S/C13H11F3N2/c1-8-6-9(13(14,15)16)2-3-10(8)11-7-18-5-4-12(11)17/h2-7H,1H3,(H2,17,18). The van der Waals surface area contributed by atoms with E-state index < -0.39 is 11.7 Å². The molecule has 1 aromatic heterocycles. The van der Waals surface area contributed by atoms with Gasteiger partial charge in [-0.2, -0.15) is 13.2 Å². The second kappa shape index (κ2) is 4.33. The van der Waals surface area contributed by atoms with E-state index in [-0.39, 0.29) is 0 Å². The van der Waals surface area contributed by atoms with Crippen LogP contribution in [-0.4, -0.2) is 4.98 Å². The zero-order valence-electron chi connectivity index (χ0n) is 9.62. The molecule has 0 atom stereocenters. The molecule has 0 saturated carbocycles. The number of halogens is 3. The van der Waals surface area contributed by atoms with E-state index in [1.54, 1.807) is 19.2 Å². The smallest absolute Gasteiger partial charge is 0.398 e. The van der Waals surface area contributed by atoms with Crippen molar-refractivity contribution in [2.45, 2.75) is 13.1 Å². The van der Waals surface area contributed by atoms with E-state index in [1.165, 1.54) is 12.3 Å². The normalized spacial score (nSPS) is 11.6. The molecule has 0 fully saturated rings. The number of nitrogens with two attached hydrogens (primary N) is 1. The molecule has 1 aromatic carbocycles. The molecule has 0 saturated heterocycles. The Morgan fingerprint density at radius 3 is 2.39 bits per heavy atom. The number of pyridine rings is 1. The Kier molecular flexibility index (Phi) is 2.98. The van der Waals surface area contributed by atoms with Crippen molar-refractivity contribution in [2.24, 2.45) is 0 Å². The topological polar surface area (TPSA) is 38.9 Å². The van der Waals surface area contributed by atoms with Gasteiger partial charge in [-0.25, -0.2) is 0 Å². The van der Waals surface area contributed by atoms with Crippen LogP contribution in [0.2, 0.25) is 0 Å². The maximum absolute atomic E-state index is 12.5. The Morgan fingerprint density at radius 2 is 1.83 bits per heavy atom. The first kappa shape index (κ1) is 12.4. The van der Waals surface area contributed by atoms with Gasteiger partial charge in [-0.3, -0.25) is 4.98 Å². The Bertz CT molecular complexity index is 577. The van der Waals surface area contributed by atoms with Gasteiger partial charge in [0.05, 0.1) is 5.56 Å². The van der Waals surface area contributed by atoms with Crippen LogP contribution in [0.3, 0.4) is 0 Å². The van der Waals surface area contributed by atoms with E-state index in [1.807, 2.05) is 0 Å². The highest BCUT2D eigenvalue weighted by Crippen LogP contribution is 2.34. The summed E-state index contributed by atoms with van der Waals surface area (Å²) in [5.41, 5.74) is 7.44. The predicted molar refractivity (Wildman–Crippen MR) is 63.8 cm³/mol. The average molecular weight is 252 g/mol. The summed E-state index contributed by atoms with van der Waals surface area (Å²) >= 11 is 0. The molecular formula is C13H11F3N2. The van der Waals surface area contributed by atoms with Gasteiger partial charge in [-0.15, -0.1) is 0 Å². The number of nitrogens with zero attached hydrogens (tertiary/aromatic N) is 1. The van der Waals surface area contributed by atoms with Crippen LogP contribution in [-0.2, 0) is 6.18 Å². The van der Waals surface area contributed by atoms with Crippen LogP contribution in [0.1, 0.15) is 11.1 Å². The fraction of sp³-hybridized carbons (Fsp3) is 0.154. The van der Waals surface area contributed by atoms with Crippen LogP contribution in [0.25, 0.3) is 11.1 Å². The van der Waals surface area contributed by atoms with Gasteiger partial charge in [0.1, 0.15) is 0 Å². The molecule has 2 nitrogen and oxygen atoms in total. The zero-order chi connectivity index (χ0) is 13.3. The zero-order valence-corrected chi connectivity index (χ0v) is 9.62. The number of aromatic nitrogens is 1. The van der Waals surface area contributed by atoms with Crippen LogP contribution in [0.5, 0.6) is 0 Å². The van der Waals surface area contributed by atoms with E-state index in [0.29, 0.717) is 22.4 Å². The molecule has 0 aliphatic heterocycles. The number of rotatable bonds is 1. The lowest BCUT2D eigenvalue weighted by molar-refractivity contribution is -0.137. The lowest BCUT2D eigenvalue weighted by atomic mass is 9.98. The van der Waals surface area contributed by atoms with Gasteiger partial charge in [0.25, 0.3) is 0 Å². The van der Waals surface area contributed by atoms with Crippen molar-refractivity contribution in [2.75, 3.05) is 5.73 Å². The van der Waals surface area contributed by atoms with Gasteiger partial charge in [-0.05, 0) is 36.2 Å². The summed E-state index contributed by atoms with van der Waals surface area (Å²) < 4.78 is 37.6. The summed E-state index contributed by atoms with van der Waals surface area (Å²) in [6.07, 6.45) is -1.24. The first-order valence-corrected chi connectivity index (χ1v) is 5.27. The van der Waals surface area contributed by atoms with E-state index in [9.17, 15) is 13.2 Å². The fourth-order valence-corrected chi connectivity index (χ4v) is 1.77. The third-order valence-electron chi connectivity index (χ3n) is 2.70. The van der Waals surface area contributed by atoms with Gasteiger partial charge < -0.3 is 5.73 Å². The summed E-state index contributed by atoms with van der Waals surface area (Å²) in [6.45, 7) is 1.62. The summed E-state index contributed by atoms with van der Waals surface area (Å²) in [5.74, 6) is 0. The number of benzene rings is 1. The van der Waals surface area contributed by atoms with Crippen molar-refractivity contribution in [3.8, 4) is 11.1 Å². The minimum atomic E-state index is -4.33. The maximum Gasteiger partial charge on any atom is 0.416 e. The third kappa shape index (κ3) is 2.30. The van der Waals surface area contributed by atoms with Crippen molar-refractivity contribution in [3.05, 3.63) is 47.8 Å². The number of nitrogen functional groups attached to an aromatic ring is 1. The quantitative estimate of drug-likeness (QED) is 0.841. The SMILES string of the molecule is Cc1cc(C(F)(F)F)ccc1-c1cnccc1N. The summed E-state index contributed by atoms with van der Waals surface area (Å²) in [6, 6.07) is 5.20. The van der Waals surface area contributed by atoms with Crippen molar-refractivity contribution < 1.29 is 13.2 Å². The summed E-state index contributed by atoms with van der Waals surface area (Å²) in [4.78, 5) is 3.93. The lowest BCUT2D eigenvalue weighted by Gasteiger charge is -2.12. The number of hydrogen-bond donors (Lipinski definition) is 1. The summed E-state index contributed by atoms with van der Waals surface area (Å²) in [5, 5.41) is 0. The lowest BCUT2D eigenvalue weighted by Crippen LogP contribution is -2.05. The third-order valence-corrected chi connectivity index (χ3v) is 2.70. The van der Waals surface area contributed by atoms with Gasteiger partial charge in [-0.1, -0.05) is 6.07 Å². The molecule has 0 aliphatic carbocycles. The first-order valence-electron chi connectivity index (χ1n) is 5.27. The van der Waals surface area contributed by atoms with Crippen LogP contribution in [0, 0.1) is 6.92 Å². The predicted octanol–water partition coefficient (Wildman–Crippen LogP) is 3.66. The maximum atomic E-state index is 12.5. The van der Waals surface area contributed by atoms with E-state index >= 15 is 0 Å². The molecule has 1 heterocycles. The van der Waals surface area contributed by atoms with E-state index in [0.717, 1.165) is 12.1 Å². The molecule has 18 heavy (non-hydrogen) atoms. The second-order valence-electron chi connectivity index (χ2n) is 3.99. The molecule has 0 spiro atoms. The Hall–Kier alpha value is -2.04. The number of anilines is 1. The molecule has 0 amide bonds. The summed E-state index contributed by atoms with van der Waals surface area (Å²) in [7, 11) is 0. The minimum absolute atomic E-state index is 0.493. The van der Waals surface area contributed by atoms with E-state index in [4.69, 9.17) is 5.73 Å². The van der Waals surface area contributed by atoms with Crippen LogP contribution in [0.15, 0.2) is 36.7 Å². The van der Waals surface area contributed by atoms with Crippen LogP contribution in [0.4, 0.5) is 18.9 Å². The van der Waals surface area contributed by atoms with E-state index in [2.05, 4.69) is 4.98 Å². The number of hydrogen-bond acceptors (Lipinski definition) is 2. The number of aryl methyl sites for hydroxylation is 1.